The van der Waals surface area contributed by atoms with E-state index in [-0.39, 0.29) is 5.69 Å². The lowest BCUT2D eigenvalue weighted by Crippen LogP contribution is -2.27. The molecule has 0 amide bonds. The van der Waals surface area contributed by atoms with Crippen LogP contribution in [0, 0.1) is 0 Å². The molecule has 1 unspecified atom stereocenters. The molecule has 0 heterocycles. The fourth-order valence-electron chi connectivity index (χ4n) is 1.21. The fourth-order valence-corrected chi connectivity index (χ4v) is 1.57. The van der Waals surface area contributed by atoms with Crippen LogP contribution in [0.15, 0.2) is 22.7 Å². The molecule has 0 saturated heterocycles. The summed E-state index contributed by atoms with van der Waals surface area (Å²) < 4.78 is 62.2. The summed E-state index contributed by atoms with van der Waals surface area (Å²) in [5.41, 5.74) is -1.34. The Balaban J connectivity index is 2.90. The minimum atomic E-state index is -4.60. The molecule has 2 nitrogen and oxygen atoms in total. The Bertz CT molecular complexity index is 410. The van der Waals surface area contributed by atoms with Crippen LogP contribution in [-0.4, -0.2) is 24.2 Å². The summed E-state index contributed by atoms with van der Waals surface area (Å²) in [6.45, 7) is -0.669. The Kier molecular flexibility index (Phi) is 4.92. The molecule has 102 valence electrons. The molecule has 0 aliphatic heterocycles. The number of anilines is 1. The molecule has 8 heteroatoms. The van der Waals surface area contributed by atoms with Crippen molar-refractivity contribution in [2.45, 2.75) is 18.7 Å². The van der Waals surface area contributed by atoms with E-state index in [9.17, 15) is 22.0 Å². The Morgan fingerprint density at radius 2 is 1.89 bits per heavy atom. The summed E-state index contributed by atoms with van der Waals surface area (Å²) in [4.78, 5) is 0. The number of aliphatic hydroxyl groups is 1. The number of benzene rings is 1. The van der Waals surface area contributed by atoms with Crippen molar-refractivity contribution < 1.29 is 27.1 Å². The number of halogens is 6. The largest absolute Gasteiger partial charge is 0.418 e. The molecule has 0 spiro atoms. The van der Waals surface area contributed by atoms with E-state index in [1.165, 1.54) is 6.07 Å². The maximum atomic E-state index is 12.6. The third kappa shape index (κ3) is 4.09. The summed E-state index contributed by atoms with van der Waals surface area (Å²) >= 11 is 2.98. The summed E-state index contributed by atoms with van der Waals surface area (Å²) in [5, 5.41) is 11.0. The van der Waals surface area contributed by atoms with Crippen LogP contribution < -0.4 is 5.32 Å². The molecule has 1 aromatic carbocycles. The Morgan fingerprint density at radius 3 is 2.39 bits per heavy atom. The first-order valence-corrected chi connectivity index (χ1v) is 5.58. The average molecular weight is 334 g/mol. The van der Waals surface area contributed by atoms with Crippen molar-refractivity contribution in [1.29, 1.82) is 0 Å². The van der Waals surface area contributed by atoms with Crippen molar-refractivity contribution in [2.24, 2.45) is 0 Å². The SMILES string of the molecule is OC(CNc1cc(Br)ccc1C(F)(F)F)C(F)F. The quantitative estimate of drug-likeness (QED) is 0.826. The van der Waals surface area contributed by atoms with Crippen LogP contribution in [0.1, 0.15) is 5.56 Å². The predicted octanol–water partition coefficient (Wildman–Crippen LogP) is 3.51. The first kappa shape index (κ1) is 15.2. The maximum Gasteiger partial charge on any atom is 0.418 e. The zero-order valence-electron chi connectivity index (χ0n) is 8.81. The summed E-state index contributed by atoms with van der Waals surface area (Å²) in [5.74, 6) is 0. The molecule has 0 aliphatic rings. The van der Waals surface area contributed by atoms with Gasteiger partial charge in [0, 0.05) is 16.7 Å². The molecule has 0 aromatic heterocycles. The smallest absolute Gasteiger partial charge is 0.385 e. The van der Waals surface area contributed by atoms with Gasteiger partial charge in [-0.3, -0.25) is 0 Å². The highest BCUT2D eigenvalue weighted by Crippen LogP contribution is 2.36. The minimum Gasteiger partial charge on any atom is -0.385 e. The molecule has 0 aliphatic carbocycles. The van der Waals surface area contributed by atoms with Gasteiger partial charge in [-0.15, -0.1) is 0 Å². The normalized spacial score (nSPS) is 13.8. The van der Waals surface area contributed by atoms with Gasteiger partial charge in [0.15, 0.2) is 0 Å². The number of alkyl halides is 5. The van der Waals surface area contributed by atoms with E-state index in [0.717, 1.165) is 12.1 Å². The number of nitrogens with one attached hydrogen (secondary N) is 1. The number of hydrogen-bond donors (Lipinski definition) is 2. The first-order valence-electron chi connectivity index (χ1n) is 4.78. The van der Waals surface area contributed by atoms with Crippen molar-refractivity contribution in [2.75, 3.05) is 11.9 Å². The molecule has 0 fully saturated rings. The molecular weight excluding hydrogens is 325 g/mol. The molecule has 1 atom stereocenters. The second-order valence-corrected chi connectivity index (χ2v) is 4.39. The zero-order chi connectivity index (χ0) is 13.9. The zero-order valence-corrected chi connectivity index (χ0v) is 10.4. The highest BCUT2D eigenvalue weighted by molar-refractivity contribution is 9.10. The van der Waals surface area contributed by atoms with Gasteiger partial charge in [0.25, 0.3) is 6.43 Å². The predicted molar refractivity (Wildman–Crippen MR) is 59.6 cm³/mol. The lowest BCUT2D eigenvalue weighted by atomic mass is 10.1. The topological polar surface area (TPSA) is 32.3 Å². The van der Waals surface area contributed by atoms with Crippen LogP contribution in [0.25, 0.3) is 0 Å². The highest BCUT2D eigenvalue weighted by Gasteiger charge is 2.33. The number of aliphatic hydroxyl groups excluding tert-OH is 1. The van der Waals surface area contributed by atoms with E-state index in [2.05, 4.69) is 21.2 Å². The monoisotopic (exact) mass is 333 g/mol. The highest BCUT2D eigenvalue weighted by atomic mass is 79.9. The van der Waals surface area contributed by atoms with Gasteiger partial charge in [-0.05, 0) is 18.2 Å². The summed E-state index contributed by atoms with van der Waals surface area (Å²) in [7, 11) is 0. The van der Waals surface area contributed by atoms with Crippen molar-refractivity contribution in [1.82, 2.24) is 0 Å². The van der Waals surface area contributed by atoms with E-state index in [1.807, 2.05) is 0 Å². The molecule has 0 saturated carbocycles. The second-order valence-electron chi connectivity index (χ2n) is 3.47. The Morgan fingerprint density at radius 1 is 1.28 bits per heavy atom. The molecule has 1 aromatic rings. The molecule has 2 N–H and O–H groups in total. The maximum absolute atomic E-state index is 12.6. The van der Waals surface area contributed by atoms with Gasteiger partial charge in [0.1, 0.15) is 6.10 Å². The van der Waals surface area contributed by atoms with Crippen molar-refractivity contribution in [3.8, 4) is 0 Å². The average Bonchev–Trinajstić information content (AvgIpc) is 2.23. The van der Waals surface area contributed by atoms with Crippen molar-refractivity contribution in [3.05, 3.63) is 28.2 Å². The van der Waals surface area contributed by atoms with Gasteiger partial charge in [0.2, 0.25) is 0 Å². The molecule has 1 rings (SSSR count). The first-order chi connectivity index (χ1) is 8.21. The molecule has 0 bridgehead atoms. The van der Waals surface area contributed by atoms with Gasteiger partial charge in [-0.25, -0.2) is 8.78 Å². The van der Waals surface area contributed by atoms with Gasteiger partial charge in [-0.2, -0.15) is 13.2 Å². The van der Waals surface area contributed by atoms with E-state index < -0.39 is 30.8 Å². The van der Waals surface area contributed by atoms with Crippen LogP contribution in [-0.2, 0) is 6.18 Å². The molecule has 0 radical (unpaired) electrons. The van der Waals surface area contributed by atoms with E-state index >= 15 is 0 Å². The third-order valence-corrected chi connectivity index (χ3v) is 2.57. The van der Waals surface area contributed by atoms with Gasteiger partial charge in [0.05, 0.1) is 5.56 Å². The van der Waals surface area contributed by atoms with Gasteiger partial charge >= 0.3 is 6.18 Å². The standard InChI is InChI=1S/C10H9BrF5NO/c11-5-1-2-6(10(14,15)16)7(3-5)17-4-8(18)9(12)13/h1-3,8-9,17-18H,4H2. The third-order valence-electron chi connectivity index (χ3n) is 2.08. The minimum absolute atomic E-state index is 0.364. The van der Waals surface area contributed by atoms with Crippen molar-refractivity contribution in [3.63, 3.8) is 0 Å². The lowest BCUT2D eigenvalue weighted by Gasteiger charge is -2.17. The number of rotatable bonds is 4. The molecular formula is C10H9BrF5NO. The van der Waals surface area contributed by atoms with E-state index in [4.69, 9.17) is 5.11 Å². The summed E-state index contributed by atoms with van der Waals surface area (Å²) in [6.07, 6.45) is -9.64. The van der Waals surface area contributed by atoms with Gasteiger partial charge in [-0.1, -0.05) is 15.9 Å². The van der Waals surface area contributed by atoms with E-state index in [1.54, 1.807) is 0 Å². The van der Waals surface area contributed by atoms with Gasteiger partial charge < -0.3 is 10.4 Å². The second kappa shape index (κ2) is 5.83. The van der Waals surface area contributed by atoms with Crippen LogP contribution in [0.5, 0.6) is 0 Å². The van der Waals surface area contributed by atoms with Crippen LogP contribution in [0.2, 0.25) is 0 Å². The van der Waals surface area contributed by atoms with Crippen LogP contribution >= 0.6 is 15.9 Å². The van der Waals surface area contributed by atoms with Crippen molar-refractivity contribution >= 4 is 21.6 Å². The molecule has 18 heavy (non-hydrogen) atoms. The van der Waals surface area contributed by atoms with Crippen LogP contribution in [0.4, 0.5) is 27.6 Å². The fraction of sp³-hybridized carbons (Fsp3) is 0.400. The van der Waals surface area contributed by atoms with Crippen LogP contribution in [0.3, 0.4) is 0 Å². The Labute approximate surface area is 108 Å². The number of hydrogen-bond acceptors (Lipinski definition) is 2. The Hall–Kier alpha value is -0.890. The lowest BCUT2D eigenvalue weighted by molar-refractivity contribution is -0.137. The summed E-state index contributed by atoms with van der Waals surface area (Å²) in [6, 6.07) is 3.12. The van der Waals surface area contributed by atoms with E-state index in [0.29, 0.717) is 4.47 Å².